The first-order chi connectivity index (χ1) is 9.06. The lowest BCUT2D eigenvalue weighted by Crippen LogP contribution is -2.13. The Bertz CT molecular complexity index is 649. The van der Waals surface area contributed by atoms with Crippen LogP contribution in [-0.2, 0) is 16.1 Å². The molecule has 0 aliphatic carbocycles. The highest BCUT2D eigenvalue weighted by atomic mass is 32.2. The maximum Gasteiger partial charge on any atom is 0.327 e. The van der Waals surface area contributed by atoms with Gasteiger partial charge in [0.1, 0.15) is 12.2 Å². The number of hydrogen-bond acceptors (Lipinski definition) is 5. The molecule has 0 unspecified atom stereocenters. The van der Waals surface area contributed by atoms with Crippen LogP contribution in [0.2, 0.25) is 0 Å². The van der Waals surface area contributed by atoms with Gasteiger partial charge in [-0.25, -0.2) is 0 Å². The number of ketones is 1. The van der Waals surface area contributed by atoms with E-state index >= 15 is 0 Å². The van der Waals surface area contributed by atoms with Gasteiger partial charge in [0, 0.05) is 17.2 Å². The molecule has 0 saturated heterocycles. The molecule has 0 N–H and O–H groups in total. The molecule has 2 rings (SSSR count). The molecule has 0 aliphatic rings. The molecule has 0 aliphatic heterocycles. The zero-order valence-corrected chi connectivity index (χ0v) is 11.8. The molecule has 0 radical (unpaired) electrons. The average molecular weight is 278 g/mol. The molecule has 0 atom stereocenters. The molecule has 0 fully saturated rings. The van der Waals surface area contributed by atoms with Gasteiger partial charge in [0.05, 0.1) is 12.6 Å². The van der Waals surface area contributed by atoms with Crippen LogP contribution < -0.4 is 0 Å². The number of thioether (sulfide) groups is 1. The second-order valence-corrected chi connectivity index (χ2v) is 4.90. The third-order valence-electron chi connectivity index (χ3n) is 2.80. The van der Waals surface area contributed by atoms with Crippen LogP contribution in [0, 0.1) is 0 Å². The summed E-state index contributed by atoms with van der Waals surface area (Å²) in [6.07, 6.45) is 1.97. The predicted molar refractivity (Wildman–Crippen MR) is 73.5 cm³/mol. The minimum absolute atomic E-state index is 0.00187. The molecule has 19 heavy (non-hydrogen) atoms. The molecule has 6 heteroatoms. The van der Waals surface area contributed by atoms with Crippen LogP contribution in [0.15, 0.2) is 23.1 Å². The van der Waals surface area contributed by atoms with Crippen molar-refractivity contribution in [1.82, 2.24) is 9.78 Å². The molecular weight excluding hydrogens is 264 g/mol. The largest absolute Gasteiger partial charge is 0.468 e. The second kappa shape index (κ2) is 5.44. The lowest BCUT2D eigenvalue weighted by molar-refractivity contribution is -0.141. The number of carbonyl (C=O) groups is 2. The van der Waals surface area contributed by atoms with Crippen molar-refractivity contribution in [2.75, 3.05) is 13.4 Å². The van der Waals surface area contributed by atoms with E-state index in [0.717, 1.165) is 15.8 Å². The van der Waals surface area contributed by atoms with E-state index in [1.807, 2.05) is 24.5 Å². The Hall–Kier alpha value is -1.82. The Morgan fingerprint density at radius 1 is 1.42 bits per heavy atom. The van der Waals surface area contributed by atoms with Gasteiger partial charge in [-0.3, -0.25) is 14.3 Å². The minimum atomic E-state index is -0.394. The molecule has 1 heterocycles. The summed E-state index contributed by atoms with van der Waals surface area (Å²) in [7, 11) is 1.33. The van der Waals surface area contributed by atoms with Crippen LogP contribution in [0.4, 0.5) is 0 Å². The monoisotopic (exact) mass is 278 g/mol. The van der Waals surface area contributed by atoms with E-state index in [9.17, 15) is 9.59 Å². The highest BCUT2D eigenvalue weighted by molar-refractivity contribution is 7.98. The predicted octanol–water partition coefficient (Wildman–Crippen LogP) is 2.13. The first-order valence-corrected chi connectivity index (χ1v) is 6.91. The number of Topliss-reactive ketones (excluding diaryl/α,β-unsaturated/α-hetero) is 1. The van der Waals surface area contributed by atoms with E-state index in [0.29, 0.717) is 5.69 Å². The zero-order chi connectivity index (χ0) is 14.0. The second-order valence-electron chi connectivity index (χ2n) is 4.02. The minimum Gasteiger partial charge on any atom is -0.468 e. The number of nitrogens with zero attached hydrogens (tertiary/aromatic N) is 2. The van der Waals surface area contributed by atoms with E-state index in [4.69, 9.17) is 0 Å². The molecular formula is C13H14N2O3S. The van der Waals surface area contributed by atoms with Crippen molar-refractivity contribution in [2.45, 2.75) is 18.4 Å². The van der Waals surface area contributed by atoms with Crippen molar-refractivity contribution in [3.05, 3.63) is 23.9 Å². The first kappa shape index (κ1) is 13.6. The van der Waals surface area contributed by atoms with Crippen molar-refractivity contribution >= 4 is 34.4 Å². The fraction of sp³-hybridized carbons (Fsp3) is 0.308. The van der Waals surface area contributed by atoms with Gasteiger partial charge in [-0.2, -0.15) is 5.10 Å². The number of aromatic nitrogens is 2. The summed E-state index contributed by atoms with van der Waals surface area (Å²) in [5, 5.41) is 4.97. The Kier molecular flexibility index (Phi) is 3.90. The third kappa shape index (κ3) is 2.63. The summed E-state index contributed by atoms with van der Waals surface area (Å²) >= 11 is 1.59. The number of rotatable bonds is 4. The maximum absolute atomic E-state index is 11.6. The molecule has 100 valence electrons. The van der Waals surface area contributed by atoms with Crippen LogP contribution in [0.25, 0.3) is 10.9 Å². The summed E-state index contributed by atoms with van der Waals surface area (Å²) in [5.74, 6) is -0.514. The fourth-order valence-corrected chi connectivity index (χ4v) is 2.28. The quantitative estimate of drug-likeness (QED) is 0.487. The molecule has 0 spiro atoms. The maximum atomic E-state index is 11.6. The normalized spacial score (nSPS) is 10.7. The topological polar surface area (TPSA) is 61.2 Å². The van der Waals surface area contributed by atoms with E-state index in [2.05, 4.69) is 9.84 Å². The summed E-state index contributed by atoms with van der Waals surface area (Å²) in [5.41, 5.74) is 1.15. The van der Waals surface area contributed by atoms with E-state index in [1.54, 1.807) is 11.8 Å². The molecule has 0 saturated carbocycles. The van der Waals surface area contributed by atoms with Crippen molar-refractivity contribution < 1.29 is 14.3 Å². The van der Waals surface area contributed by atoms with Crippen LogP contribution in [0.3, 0.4) is 0 Å². The van der Waals surface area contributed by atoms with Gasteiger partial charge < -0.3 is 4.74 Å². The van der Waals surface area contributed by atoms with Crippen LogP contribution in [0.5, 0.6) is 0 Å². The highest BCUT2D eigenvalue weighted by Gasteiger charge is 2.16. The van der Waals surface area contributed by atoms with Crippen molar-refractivity contribution in [3.63, 3.8) is 0 Å². The fourth-order valence-electron chi connectivity index (χ4n) is 1.85. The number of esters is 1. The first-order valence-electron chi connectivity index (χ1n) is 5.69. The van der Waals surface area contributed by atoms with Gasteiger partial charge in [0.2, 0.25) is 0 Å². The summed E-state index contributed by atoms with van der Waals surface area (Å²) in [6, 6.07) is 5.71. The van der Waals surface area contributed by atoms with Gasteiger partial charge in [0.25, 0.3) is 0 Å². The standard InChI is InChI=1S/C13H14N2O3S/c1-8(16)13-10-5-4-9(19-3)6-11(10)15(14-13)7-12(17)18-2/h4-6H,7H2,1-3H3. The van der Waals surface area contributed by atoms with Gasteiger partial charge in [-0.15, -0.1) is 11.8 Å². The molecule has 1 aromatic heterocycles. The Morgan fingerprint density at radius 3 is 2.74 bits per heavy atom. The number of methoxy groups -OCH3 is 1. The molecule has 1 aromatic carbocycles. The van der Waals surface area contributed by atoms with Gasteiger partial charge in [-0.05, 0) is 24.5 Å². The molecule has 0 amide bonds. The van der Waals surface area contributed by atoms with Crippen LogP contribution >= 0.6 is 11.8 Å². The lowest BCUT2D eigenvalue weighted by Gasteiger charge is -2.02. The number of ether oxygens (including phenoxy) is 1. The molecule has 5 nitrogen and oxygen atoms in total. The van der Waals surface area contributed by atoms with Crippen molar-refractivity contribution in [1.29, 1.82) is 0 Å². The molecule has 0 bridgehead atoms. The number of fused-ring (bicyclic) bond motifs is 1. The van der Waals surface area contributed by atoms with E-state index in [1.165, 1.54) is 18.7 Å². The Labute approximate surface area is 114 Å². The van der Waals surface area contributed by atoms with Gasteiger partial charge in [-0.1, -0.05) is 0 Å². The van der Waals surface area contributed by atoms with Gasteiger partial charge in [0.15, 0.2) is 5.78 Å². The SMILES string of the molecule is COC(=O)Cn1nc(C(C)=O)c2ccc(SC)cc21. The highest BCUT2D eigenvalue weighted by Crippen LogP contribution is 2.25. The van der Waals surface area contributed by atoms with Crippen LogP contribution in [-0.4, -0.2) is 34.9 Å². The van der Waals surface area contributed by atoms with E-state index in [-0.39, 0.29) is 12.3 Å². The van der Waals surface area contributed by atoms with Crippen LogP contribution in [0.1, 0.15) is 17.4 Å². The molecule has 2 aromatic rings. The Morgan fingerprint density at radius 2 is 2.16 bits per heavy atom. The number of benzene rings is 1. The van der Waals surface area contributed by atoms with E-state index < -0.39 is 5.97 Å². The lowest BCUT2D eigenvalue weighted by atomic mass is 10.2. The van der Waals surface area contributed by atoms with Gasteiger partial charge >= 0.3 is 5.97 Å². The average Bonchev–Trinajstić information content (AvgIpc) is 2.76. The summed E-state index contributed by atoms with van der Waals surface area (Å²) < 4.78 is 6.15. The smallest absolute Gasteiger partial charge is 0.327 e. The third-order valence-corrected chi connectivity index (χ3v) is 3.52. The summed E-state index contributed by atoms with van der Waals surface area (Å²) in [4.78, 5) is 24.0. The zero-order valence-electron chi connectivity index (χ0n) is 11.0. The van der Waals surface area contributed by atoms with Crippen molar-refractivity contribution in [2.24, 2.45) is 0 Å². The van der Waals surface area contributed by atoms with Crippen molar-refractivity contribution in [3.8, 4) is 0 Å². The number of hydrogen-bond donors (Lipinski definition) is 0. The summed E-state index contributed by atoms with van der Waals surface area (Å²) in [6.45, 7) is 1.46. The number of carbonyl (C=O) groups excluding carboxylic acids is 2. The Balaban J connectivity index is 2.61.